The third-order valence-electron chi connectivity index (χ3n) is 2.85. The van der Waals surface area contributed by atoms with Crippen molar-refractivity contribution in [2.45, 2.75) is 6.92 Å². The van der Waals surface area contributed by atoms with E-state index in [1.54, 1.807) is 14.0 Å². The summed E-state index contributed by atoms with van der Waals surface area (Å²) in [6.45, 7) is 3.01. The molecule has 8 heteroatoms. The van der Waals surface area contributed by atoms with Crippen LogP contribution in [0, 0.1) is 12.7 Å². The molecule has 124 valence electrons. The predicted molar refractivity (Wildman–Crippen MR) is 80.4 cm³/mol. The summed E-state index contributed by atoms with van der Waals surface area (Å²) in [6.07, 6.45) is 0. The van der Waals surface area contributed by atoms with Crippen molar-refractivity contribution in [3.05, 3.63) is 23.5 Å². The number of nitrogens with two attached hydrogens (primary N) is 1. The van der Waals surface area contributed by atoms with Gasteiger partial charge in [0.15, 0.2) is 0 Å². The fourth-order valence-corrected chi connectivity index (χ4v) is 1.64. The Bertz CT molecular complexity index is 499. The highest BCUT2D eigenvalue weighted by Crippen LogP contribution is 2.30. The highest BCUT2D eigenvalue weighted by atomic mass is 19.1. The maximum Gasteiger partial charge on any atom is 0.336 e. The second-order valence-corrected chi connectivity index (χ2v) is 4.45. The van der Waals surface area contributed by atoms with Crippen LogP contribution in [0.2, 0.25) is 0 Å². The normalized spacial score (nSPS) is 10.4. The number of urea groups is 1. The van der Waals surface area contributed by atoms with E-state index in [1.807, 2.05) is 0 Å². The average molecular weight is 315 g/mol. The van der Waals surface area contributed by atoms with Gasteiger partial charge in [-0.3, -0.25) is 0 Å². The van der Waals surface area contributed by atoms with Gasteiger partial charge in [0, 0.05) is 20.2 Å². The van der Waals surface area contributed by atoms with Gasteiger partial charge in [-0.05, 0) is 18.6 Å². The molecular formula is C14H22FN3O4. The lowest BCUT2D eigenvalue weighted by Gasteiger charge is -2.20. The Morgan fingerprint density at radius 3 is 2.64 bits per heavy atom. The number of halogens is 1. The summed E-state index contributed by atoms with van der Waals surface area (Å²) in [5.74, 6) is 5.44. The topological polar surface area (TPSA) is 86.1 Å². The molecule has 0 atom stereocenters. The highest BCUT2D eigenvalue weighted by molar-refractivity contribution is 5.92. The molecule has 2 amide bonds. The van der Waals surface area contributed by atoms with Crippen LogP contribution in [0.15, 0.2) is 12.1 Å². The van der Waals surface area contributed by atoms with Crippen molar-refractivity contribution in [3.8, 4) is 5.75 Å². The molecule has 0 aromatic heterocycles. The number of rotatable bonds is 8. The van der Waals surface area contributed by atoms with Crippen molar-refractivity contribution in [1.29, 1.82) is 0 Å². The van der Waals surface area contributed by atoms with Crippen LogP contribution in [0.4, 0.5) is 14.9 Å². The number of ether oxygens (including phenoxy) is 3. The second kappa shape index (κ2) is 9.19. The average Bonchev–Trinajstić information content (AvgIpc) is 2.52. The summed E-state index contributed by atoms with van der Waals surface area (Å²) >= 11 is 0. The van der Waals surface area contributed by atoms with Crippen molar-refractivity contribution >= 4 is 11.7 Å². The smallest absolute Gasteiger partial charge is 0.336 e. The maximum absolute atomic E-state index is 13.7. The van der Waals surface area contributed by atoms with Gasteiger partial charge in [0.25, 0.3) is 0 Å². The van der Waals surface area contributed by atoms with Gasteiger partial charge in [-0.25, -0.2) is 20.0 Å². The molecule has 0 bridgehead atoms. The van der Waals surface area contributed by atoms with E-state index < -0.39 is 11.8 Å². The van der Waals surface area contributed by atoms with E-state index >= 15 is 0 Å². The van der Waals surface area contributed by atoms with Crippen molar-refractivity contribution < 1.29 is 23.4 Å². The van der Waals surface area contributed by atoms with Gasteiger partial charge in [-0.1, -0.05) is 0 Å². The standard InChI is InChI=1S/C14H22FN3O4/c1-10-8-12(18(16)14(19)17-2)13(9-11(10)15)22-7-6-21-5-4-20-3/h8-9H,4-7,16H2,1-3H3,(H,17,19). The van der Waals surface area contributed by atoms with Gasteiger partial charge in [-0.2, -0.15) is 0 Å². The van der Waals surface area contributed by atoms with Crippen molar-refractivity contribution in [2.75, 3.05) is 45.6 Å². The molecule has 1 aromatic rings. The van der Waals surface area contributed by atoms with Crippen LogP contribution < -0.4 is 20.9 Å². The third kappa shape index (κ3) is 5.14. The molecule has 0 aliphatic heterocycles. The number of anilines is 1. The number of hydrogen-bond donors (Lipinski definition) is 2. The van der Waals surface area contributed by atoms with E-state index in [1.165, 1.54) is 19.2 Å². The molecule has 22 heavy (non-hydrogen) atoms. The Kier molecular flexibility index (Phi) is 7.58. The molecule has 0 spiro atoms. The largest absolute Gasteiger partial charge is 0.489 e. The minimum atomic E-state index is -0.535. The van der Waals surface area contributed by atoms with E-state index in [-0.39, 0.29) is 18.0 Å². The first-order valence-corrected chi connectivity index (χ1v) is 6.77. The van der Waals surface area contributed by atoms with E-state index in [4.69, 9.17) is 20.1 Å². The lowest BCUT2D eigenvalue weighted by molar-refractivity contribution is 0.0544. The molecule has 0 unspecified atom stereocenters. The SMILES string of the molecule is CNC(=O)N(N)c1cc(C)c(F)cc1OCCOCCOC. The number of nitrogens with zero attached hydrogens (tertiary/aromatic N) is 1. The molecule has 0 aliphatic rings. The number of carbonyl (C=O) groups is 1. The van der Waals surface area contributed by atoms with Crippen LogP contribution in [0.3, 0.4) is 0 Å². The van der Waals surface area contributed by atoms with Gasteiger partial charge in [0.05, 0.1) is 19.8 Å². The summed E-state index contributed by atoms with van der Waals surface area (Å²) in [5, 5.41) is 3.26. The minimum Gasteiger partial charge on any atom is -0.489 e. The Hall–Kier alpha value is -1.90. The molecule has 0 fully saturated rings. The summed E-state index contributed by atoms with van der Waals surface area (Å²) in [7, 11) is 3.03. The van der Waals surface area contributed by atoms with Gasteiger partial charge in [-0.15, -0.1) is 0 Å². The van der Waals surface area contributed by atoms with E-state index in [2.05, 4.69) is 5.32 Å². The predicted octanol–water partition coefficient (Wildman–Crippen LogP) is 1.20. The number of amides is 2. The van der Waals surface area contributed by atoms with Crippen LogP contribution in [0.5, 0.6) is 5.75 Å². The quantitative estimate of drug-likeness (QED) is 0.326. The van der Waals surface area contributed by atoms with Gasteiger partial charge < -0.3 is 19.5 Å². The zero-order valence-electron chi connectivity index (χ0n) is 13.0. The Labute approximate surface area is 129 Å². The highest BCUT2D eigenvalue weighted by Gasteiger charge is 2.17. The van der Waals surface area contributed by atoms with Gasteiger partial charge in [0.1, 0.15) is 23.9 Å². The Balaban J connectivity index is 2.75. The first-order chi connectivity index (χ1) is 10.5. The van der Waals surface area contributed by atoms with Crippen LogP contribution in [0.1, 0.15) is 5.56 Å². The first kappa shape index (κ1) is 18.1. The first-order valence-electron chi connectivity index (χ1n) is 6.77. The number of methoxy groups -OCH3 is 1. The Morgan fingerprint density at radius 1 is 1.32 bits per heavy atom. The molecule has 1 rings (SSSR count). The van der Waals surface area contributed by atoms with Crippen molar-refractivity contribution in [3.63, 3.8) is 0 Å². The van der Waals surface area contributed by atoms with Crippen LogP contribution in [0.25, 0.3) is 0 Å². The molecule has 3 N–H and O–H groups in total. The summed E-state index contributed by atoms with van der Waals surface area (Å²) in [5.41, 5.74) is 0.633. The third-order valence-corrected chi connectivity index (χ3v) is 2.85. The second-order valence-electron chi connectivity index (χ2n) is 4.45. The number of benzene rings is 1. The minimum absolute atomic E-state index is 0.171. The fourth-order valence-electron chi connectivity index (χ4n) is 1.64. The zero-order valence-corrected chi connectivity index (χ0v) is 13.0. The van der Waals surface area contributed by atoms with Crippen LogP contribution in [-0.4, -0.2) is 46.6 Å². The van der Waals surface area contributed by atoms with E-state index in [0.29, 0.717) is 25.4 Å². The van der Waals surface area contributed by atoms with E-state index in [0.717, 1.165) is 5.01 Å². The number of aryl methyl sites for hydroxylation is 1. The molecule has 0 radical (unpaired) electrons. The van der Waals surface area contributed by atoms with Gasteiger partial charge >= 0.3 is 6.03 Å². The van der Waals surface area contributed by atoms with Gasteiger partial charge in [0.2, 0.25) is 0 Å². The summed E-state index contributed by atoms with van der Waals surface area (Å²) in [4.78, 5) is 11.6. The van der Waals surface area contributed by atoms with Crippen LogP contribution >= 0.6 is 0 Å². The number of hydrazine groups is 1. The molecule has 0 heterocycles. The molecule has 7 nitrogen and oxygen atoms in total. The summed E-state index contributed by atoms with van der Waals surface area (Å²) < 4.78 is 29.2. The summed E-state index contributed by atoms with van der Waals surface area (Å²) in [6, 6.07) is 2.11. The molecular weight excluding hydrogens is 293 g/mol. The lowest BCUT2D eigenvalue weighted by atomic mass is 10.2. The molecule has 0 saturated heterocycles. The van der Waals surface area contributed by atoms with E-state index in [9.17, 15) is 9.18 Å². The molecule has 0 saturated carbocycles. The van der Waals surface area contributed by atoms with Crippen molar-refractivity contribution in [1.82, 2.24) is 5.32 Å². The number of hydrogen-bond acceptors (Lipinski definition) is 5. The van der Waals surface area contributed by atoms with Crippen LogP contribution in [-0.2, 0) is 9.47 Å². The maximum atomic E-state index is 13.7. The lowest BCUT2D eigenvalue weighted by Crippen LogP contribution is -2.43. The zero-order chi connectivity index (χ0) is 16.5. The molecule has 1 aromatic carbocycles. The van der Waals surface area contributed by atoms with Crippen molar-refractivity contribution in [2.24, 2.45) is 5.84 Å². The number of carbonyl (C=O) groups excluding carboxylic acids is 1. The number of nitrogens with one attached hydrogen (secondary N) is 1. The molecule has 0 aliphatic carbocycles. The fraction of sp³-hybridized carbons (Fsp3) is 0.500. The Morgan fingerprint density at radius 2 is 2.00 bits per heavy atom. The monoisotopic (exact) mass is 315 g/mol.